The minimum Gasteiger partial charge on any atom is -0.545 e. The molecule has 0 aliphatic heterocycles. The summed E-state index contributed by atoms with van der Waals surface area (Å²) in [5, 5.41) is 11.8. The number of carbonyl (C=O) groups excluding carboxylic acids is 3. The van der Waals surface area contributed by atoms with Gasteiger partial charge in [0.15, 0.2) is 12.4 Å². The Kier molecular flexibility index (Phi) is 57.8. The highest BCUT2D eigenvalue weighted by molar-refractivity contribution is 5.70. The lowest BCUT2D eigenvalue weighted by Gasteiger charge is -2.26. The van der Waals surface area contributed by atoms with Gasteiger partial charge in [0.25, 0.3) is 0 Å². The van der Waals surface area contributed by atoms with E-state index in [-0.39, 0.29) is 32.2 Å². The molecule has 0 rings (SSSR count). The molecule has 0 spiro atoms. The molecule has 454 valence electrons. The maximum atomic E-state index is 12.9. The van der Waals surface area contributed by atoms with Crippen molar-refractivity contribution in [1.29, 1.82) is 0 Å². The Labute approximate surface area is 482 Å². The van der Waals surface area contributed by atoms with E-state index in [4.69, 9.17) is 18.9 Å². The molecule has 0 bridgehead atoms. The normalized spacial score (nSPS) is 13.1. The number of carboxylic acids is 1. The Morgan fingerprint density at radius 2 is 0.731 bits per heavy atom. The topological polar surface area (TPSA) is 111 Å². The zero-order valence-electron chi connectivity index (χ0n) is 51.8. The first-order chi connectivity index (χ1) is 38.1. The number of allylic oxidation sites excluding steroid dienone is 10. The number of quaternary nitrogens is 1. The van der Waals surface area contributed by atoms with Crippen LogP contribution in [0.15, 0.2) is 60.8 Å². The fourth-order valence-electron chi connectivity index (χ4n) is 9.51. The number of hydrogen-bond donors (Lipinski definition) is 0. The van der Waals surface area contributed by atoms with Crippen LogP contribution >= 0.6 is 0 Å². The largest absolute Gasteiger partial charge is 0.545 e. The second kappa shape index (κ2) is 60.1. The Morgan fingerprint density at radius 1 is 0.397 bits per heavy atom. The average Bonchev–Trinajstić information content (AvgIpc) is 3.41. The number of likely N-dealkylation sites (N-methyl/N-ethyl adjacent to an activating group) is 1. The first-order valence-corrected chi connectivity index (χ1v) is 32.9. The third-order valence-electron chi connectivity index (χ3n) is 14.5. The van der Waals surface area contributed by atoms with E-state index in [1.165, 1.54) is 205 Å². The third-order valence-corrected chi connectivity index (χ3v) is 14.5. The number of carboxylic acid groups (broad SMARTS) is 1. The van der Waals surface area contributed by atoms with Crippen LogP contribution in [0.2, 0.25) is 0 Å². The van der Waals surface area contributed by atoms with Crippen LogP contribution in [0.3, 0.4) is 0 Å². The predicted molar refractivity (Wildman–Crippen MR) is 329 cm³/mol. The van der Waals surface area contributed by atoms with Gasteiger partial charge >= 0.3 is 11.9 Å². The maximum Gasteiger partial charge on any atom is 0.306 e. The van der Waals surface area contributed by atoms with Gasteiger partial charge in [-0.3, -0.25) is 9.59 Å². The van der Waals surface area contributed by atoms with Crippen molar-refractivity contribution < 1.29 is 42.9 Å². The van der Waals surface area contributed by atoms with Crippen LogP contribution in [-0.2, 0) is 33.3 Å². The molecule has 0 saturated heterocycles. The number of carbonyl (C=O) groups is 3. The maximum absolute atomic E-state index is 12.9. The van der Waals surface area contributed by atoms with E-state index < -0.39 is 24.3 Å². The first kappa shape index (κ1) is 75.0. The van der Waals surface area contributed by atoms with Gasteiger partial charge in [-0.1, -0.05) is 293 Å². The lowest BCUT2D eigenvalue weighted by Crippen LogP contribution is -2.44. The Balaban J connectivity index is 4.05. The number of aliphatic carboxylic acids is 1. The molecule has 0 heterocycles. The van der Waals surface area contributed by atoms with Gasteiger partial charge in [0.1, 0.15) is 13.2 Å². The highest BCUT2D eigenvalue weighted by Crippen LogP contribution is 2.18. The molecule has 0 radical (unpaired) electrons. The van der Waals surface area contributed by atoms with Crippen molar-refractivity contribution in [2.24, 2.45) is 0 Å². The summed E-state index contributed by atoms with van der Waals surface area (Å²) in [7, 11) is 5.94. The number of nitrogens with zero attached hydrogens (tertiary/aromatic N) is 1. The highest BCUT2D eigenvalue weighted by Gasteiger charge is 2.22. The van der Waals surface area contributed by atoms with Gasteiger partial charge in [-0.25, -0.2) is 0 Å². The zero-order valence-corrected chi connectivity index (χ0v) is 51.8. The molecular formula is C69H125NO8. The van der Waals surface area contributed by atoms with Gasteiger partial charge in [0, 0.05) is 12.8 Å². The van der Waals surface area contributed by atoms with Crippen LogP contribution in [0.1, 0.15) is 303 Å². The van der Waals surface area contributed by atoms with Gasteiger partial charge in [-0.2, -0.15) is 0 Å². The number of esters is 2. The molecule has 2 atom stereocenters. The van der Waals surface area contributed by atoms with Crippen LogP contribution < -0.4 is 5.11 Å². The van der Waals surface area contributed by atoms with Crippen molar-refractivity contribution in [2.75, 3.05) is 47.5 Å². The summed E-state index contributed by atoms with van der Waals surface area (Å²) in [6.07, 6.45) is 74.4. The molecule has 2 unspecified atom stereocenters. The van der Waals surface area contributed by atoms with Crippen molar-refractivity contribution >= 4 is 17.9 Å². The Hall–Kier alpha value is -3.01. The molecule has 0 fully saturated rings. The standard InChI is InChI=1S/C69H125NO8/c1-6-8-10-12-14-16-18-20-22-24-26-27-28-29-30-31-32-33-34-35-36-37-38-39-40-41-42-44-46-48-50-52-54-56-58-60-67(72)78-65(64-77-69(68(73)74)75-62-61-70(3,4)5)63-76-66(71)59-57-55-53-51-49-47-45-43-25-23-21-19-17-15-13-11-9-7-2/h8,10,14,16,20,22,26-27,29-30,65,69H,6-7,9,11-13,15,17-19,21,23-25,28,31-64H2,1-5H3/b10-8-,16-14-,22-20-,27-26-,30-29-. The molecule has 9 nitrogen and oxygen atoms in total. The second-order valence-electron chi connectivity index (χ2n) is 23.4. The summed E-state index contributed by atoms with van der Waals surface area (Å²) in [5.41, 5.74) is 0. The molecule has 0 saturated carbocycles. The van der Waals surface area contributed by atoms with Gasteiger partial charge in [0.05, 0.1) is 40.3 Å². The molecule has 0 aliphatic rings. The van der Waals surface area contributed by atoms with Crippen LogP contribution in [0.4, 0.5) is 0 Å². The monoisotopic (exact) mass is 1100 g/mol. The van der Waals surface area contributed by atoms with Gasteiger partial charge in [-0.05, 0) is 57.8 Å². The van der Waals surface area contributed by atoms with Gasteiger partial charge in [-0.15, -0.1) is 0 Å². The lowest BCUT2D eigenvalue weighted by atomic mass is 10.0. The van der Waals surface area contributed by atoms with Gasteiger partial charge < -0.3 is 33.3 Å². The average molecular weight is 1100 g/mol. The minimum absolute atomic E-state index is 0.150. The Morgan fingerprint density at radius 3 is 1.09 bits per heavy atom. The highest BCUT2D eigenvalue weighted by atomic mass is 16.7. The van der Waals surface area contributed by atoms with E-state index in [0.717, 1.165) is 64.2 Å². The number of ether oxygens (including phenoxy) is 4. The van der Waals surface area contributed by atoms with E-state index in [9.17, 15) is 19.5 Å². The SMILES string of the molecule is CC/C=C\C/C=C\C/C=C\C/C=C\C/C=C\CCCCCCCCCCCCCCCCCCCCCC(=O)OC(COC(=O)CCCCCCCCCCCCCCCCCCCC)COC(OCC[N+](C)(C)C)C(=O)[O-]. The van der Waals surface area contributed by atoms with E-state index in [0.29, 0.717) is 23.9 Å². The first-order valence-electron chi connectivity index (χ1n) is 32.9. The molecule has 0 N–H and O–H groups in total. The summed E-state index contributed by atoms with van der Waals surface area (Å²) >= 11 is 0. The summed E-state index contributed by atoms with van der Waals surface area (Å²) in [5.74, 6) is -2.26. The molecule has 0 aliphatic carbocycles. The Bertz CT molecular complexity index is 1460. The van der Waals surface area contributed by atoms with Gasteiger partial charge in [0.2, 0.25) is 0 Å². The van der Waals surface area contributed by atoms with E-state index >= 15 is 0 Å². The van der Waals surface area contributed by atoms with Crippen LogP contribution in [-0.4, -0.2) is 82.3 Å². The predicted octanol–water partition coefficient (Wildman–Crippen LogP) is 18.6. The van der Waals surface area contributed by atoms with Crippen molar-refractivity contribution in [2.45, 2.75) is 315 Å². The number of unbranched alkanes of at least 4 members (excludes halogenated alkanes) is 36. The van der Waals surface area contributed by atoms with E-state index in [1.807, 2.05) is 21.1 Å². The number of hydrogen-bond acceptors (Lipinski definition) is 8. The van der Waals surface area contributed by atoms with E-state index in [1.54, 1.807) is 0 Å². The molecule has 9 heteroatoms. The van der Waals surface area contributed by atoms with Crippen LogP contribution in [0, 0.1) is 0 Å². The zero-order chi connectivity index (χ0) is 56.9. The number of rotatable bonds is 61. The van der Waals surface area contributed by atoms with Crippen molar-refractivity contribution in [3.05, 3.63) is 60.8 Å². The van der Waals surface area contributed by atoms with Crippen LogP contribution in [0.25, 0.3) is 0 Å². The fraction of sp³-hybridized carbons (Fsp3) is 0.812. The molecular weight excluding hydrogens is 971 g/mol. The minimum atomic E-state index is -1.62. The summed E-state index contributed by atoms with van der Waals surface area (Å²) in [6, 6.07) is 0. The quantitative estimate of drug-likeness (QED) is 0.0195. The van der Waals surface area contributed by atoms with Crippen molar-refractivity contribution in [3.63, 3.8) is 0 Å². The third kappa shape index (κ3) is 60.6. The van der Waals surface area contributed by atoms with Crippen molar-refractivity contribution in [3.8, 4) is 0 Å². The molecule has 0 aromatic rings. The molecule has 78 heavy (non-hydrogen) atoms. The summed E-state index contributed by atoms with van der Waals surface area (Å²) in [6.45, 7) is 4.68. The van der Waals surface area contributed by atoms with Crippen molar-refractivity contribution in [1.82, 2.24) is 0 Å². The second-order valence-corrected chi connectivity index (χ2v) is 23.4. The smallest absolute Gasteiger partial charge is 0.306 e. The lowest BCUT2D eigenvalue weighted by molar-refractivity contribution is -0.870. The molecule has 0 aromatic carbocycles. The molecule has 0 amide bonds. The summed E-state index contributed by atoms with van der Waals surface area (Å²) in [4.78, 5) is 37.4. The molecule has 0 aromatic heterocycles. The van der Waals surface area contributed by atoms with Crippen LogP contribution in [0.5, 0.6) is 0 Å². The van der Waals surface area contributed by atoms with E-state index in [2.05, 4.69) is 74.6 Å². The fourth-order valence-corrected chi connectivity index (χ4v) is 9.51. The summed E-state index contributed by atoms with van der Waals surface area (Å²) < 4.78 is 22.8.